The summed E-state index contributed by atoms with van der Waals surface area (Å²) in [6, 6.07) is 2.92. The molecule has 2 aromatic rings. The predicted molar refractivity (Wildman–Crippen MR) is 97.7 cm³/mol. The van der Waals surface area contributed by atoms with E-state index >= 15 is 0 Å². The highest BCUT2D eigenvalue weighted by Crippen LogP contribution is 2.41. The molecule has 2 heterocycles. The molecule has 4 rings (SSSR count). The number of aromatic nitrogens is 1. The Morgan fingerprint density at radius 2 is 1.96 bits per heavy atom. The van der Waals surface area contributed by atoms with E-state index in [0.717, 1.165) is 32.4 Å². The first-order chi connectivity index (χ1) is 12.4. The highest BCUT2D eigenvalue weighted by atomic mass is 19.1. The first kappa shape index (κ1) is 17.0. The van der Waals surface area contributed by atoms with Crippen LogP contribution in [0.2, 0.25) is 0 Å². The SMILES string of the molecule is CC1(n2cc(C(=O)O)c(=O)c3cc(F)c(N4CCNCC4)cc32)CCC1. The summed E-state index contributed by atoms with van der Waals surface area (Å²) in [5.74, 6) is -1.76. The lowest BCUT2D eigenvalue weighted by molar-refractivity contribution is 0.0693. The Kier molecular flexibility index (Phi) is 3.99. The Balaban J connectivity index is 1.98. The zero-order chi connectivity index (χ0) is 18.5. The van der Waals surface area contributed by atoms with Crippen molar-refractivity contribution < 1.29 is 14.3 Å². The van der Waals surface area contributed by atoms with Gasteiger partial charge in [0.25, 0.3) is 0 Å². The molecule has 6 nitrogen and oxygen atoms in total. The molecule has 1 aromatic carbocycles. The lowest BCUT2D eigenvalue weighted by atomic mass is 9.77. The molecule has 26 heavy (non-hydrogen) atoms. The van der Waals surface area contributed by atoms with E-state index in [4.69, 9.17) is 0 Å². The topological polar surface area (TPSA) is 74.6 Å². The highest BCUT2D eigenvalue weighted by molar-refractivity contribution is 5.93. The van der Waals surface area contributed by atoms with Crippen LogP contribution in [0, 0.1) is 5.82 Å². The molecule has 2 fully saturated rings. The van der Waals surface area contributed by atoms with E-state index in [0.29, 0.717) is 24.3 Å². The third kappa shape index (κ3) is 2.58. The van der Waals surface area contributed by atoms with Crippen LogP contribution in [0.15, 0.2) is 23.1 Å². The standard InChI is InChI=1S/C19H22FN3O3/c1-19(3-2-4-19)23-11-13(18(25)26)17(24)12-9-14(20)16(10-15(12)23)22-7-5-21-6-8-22/h9-11,21H,2-8H2,1H3,(H,25,26). The number of nitrogens with one attached hydrogen (secondary N) is 1. The Morgan fingerprint density at radius 3 is 2.54 bits per heavy atom. The van der Waals surface area contributed by atoms with E-state index in [9.17, 15) is 19.1 Å². The van der Waals surface area contributed by atoms with Gasteiger partial charge in [-0.25, -0.2) is 9.18 Å². The number of hydrogen-bond donors (Lipinski definition) is 2. The third-order valence-corrected chi connectivity index (χ3v) is 5.77. The second-order valence-corrected chi connectivity index (χ2v) is 7.46. The maximum Gasteiger partial charge on any atom is 0.341 e. The molecule has 0 atom stereocenters. The number of benzene rings is 1. The van der Waals surface area contributed by atoms with Gasteiger partial charge in [-0.2, -0.15) is 0 Å². The molecule has 1 saturated carbocycles. The number of carboxylic acid groups (broad SMARTS) is 1. The van der Waals surface area contributed by atoms with Gasteiger partial charge in [-0.1, -0.05) is 0 Å². The Morgan fingerprint density at radius 1 is 1.27 bits per heavy atom. The molecule has 2 aliphatic rings. The molecular formula is C19H22FN3O3. The van der Waals surface area contributed by atoms with Gasteiger partial charge in [0.1, 0.15) is 11.4 Å². The molecule has 0 bridgehead atoms. The second kappa shape index (κ2) is 6.09. The van der Waals surface area contributed by atoms with Crippen molar-refractivity contribution in [3.8, 4) is 0 Å². The number of carbonyl (C=O) groups is 1. The summed E-state index contributed by atoms with van der Waals surface area (Å²) in [5, 5.41) is 12.8. The molecule has 7 heteroatoms. The number of piperazine rings is 1. The third-order valence-electron chi connectivity index (χ3n) is 5.77. The molecule has 138 valence electrons. The quantitative estimate of drug-likeness (QED) is 0.878. The largest absolute Gasteiger partial charge is 0.477 e. The average molecular weight is 359 g/mol. The molecule has 2 N–H and O–H groups in total. The Labute approximate surface area is 150 Å². The smallest absolute Gasteiger partial charge is 0.341 e. The van der Waals surface area contributed by atoms with Crippen molar-refractivity contribution in [2.75, 3.05) is 31.1 Å². The normalized spacial score (nSPS) is 19.4. The highest BCUT2D eigenvalue weighted by Gasteiger charge is 2.35. The van der Waals surface area contributed by atoms with Crippen LogP contribution in [-0.2, 0) is 5.54 Å². The molecular weight excluding hydrogens is 337 g/mol. The fraction of sp³-hybridized carbons (Fsp3) is 0.474. The van der Waals surface area contributed by atoms with Crippen LogP contribution < -0.4 is 15.6 Å². The van der Waals surface area contributed by atoms with Gasteiger partial charge in [-0.3, -0.25) is 4.79 Å². The van der Waals surface area contributed by atoms with Crippen LogP contribution in [0.3, 0.4) is 0 Å². The van der Waals surface area contributed by atoms with Crippen molar-refractivity contribution >= 4 is 22.6 Å². The minimum Gasteiger partial charge on any atom is -0.477 e. The van der Waals surface area contributed by atoms with Crippen LogP contribution in [0.5, 0.6) is 0 Å². The van der Waals surface area contributed by atoms with E-state index in [1.54, 1.807) is 6.07 Å². The number of pyridine rings is 1. The Bertz CT molecular complexity index is 943. The van der Waals surface area contributed by atoms with E-state index in [2.05, 4.69) is 12.2 Å². The number of carboxylic acids is 1. The van der Waals surface area contributed by atoms with Gasteiger partial charge in [0.05, 0.1) is 11.2 Å². The van der Waals surface area contributed by atoms with Crippen molar-refractivity contribution in [3.05, 3.63) is 39.9 Å². The van der Waals surface area contributed by atoms with Crippen molar-refractivity contribution in [1.29, 1.82) is 0 Å². The van der Waals surface area contributed by atoms with Gasteiger partial charge in [0, 0.05) is 43.3 Å². The van der Waals surface area contributed by atoms with Gasteiger partial charge < -0.3 is 19.9 Å². The molecule has 1 saturated heterocycles. The minimum atomic E-state index is -1.28. The summed E-state index contributed by atoms with van der Waals surface area (Å²) in [6.07, 6.45) is 4.30. The van der Waals surface area contributed by atoms with Crippen molar-refractivity contribution in [2.45, 2.75) is 31.7 Å². The number of aromatic carboxylic acids is 1. The maximum atomic E-state index is 14.8. The first-order valence-electron chi connectivity index (χ1n) is 8.99. The summed E-state index contributed by atoms with van der Waals surface area (Å²) in [6.45, 7) is 4.99. The van der Waals surface area contributed by atoms with Crippen LogP contribution in [-0.4, -0.2) is 41.8 Å². The number of anilines is 1. The lowest BCUT2D eigenvalue weighted by Crippen LogP contribution is -2.44. The molecule has 0 unspecified atom stereocenters. The van der Waals surface area contributed by atoms with Crippen molar-refractivity contribution in [2.24, 2.45) is 0 Å². The van der Waals surface area contributed by atoms with Crippen LogP contribution in [0.4, 0.5) is 10.1 Å². The molecule has 0 radical (unpaired) electrons. The zero-order valence-electron chi connectivity index (χ0n) is 14.7. The monoisotopic (exact) mass is 359 g/mol. The number of halogens is 1. The van der Waals surface area contributed by atoms with Crippen molar-refractivity contribution in [1.82, 2.24) is 9.88 Å². The average Bonchev–Trinajstić information content (AvgIpc) is 2.60. The summed E-state index contributed by atoms with van der Waals surface area (Å²) < 4.78 is 16.7. The number of hydrogen-bond acceptors (Lipinski definition) is 4. The summed E-state index contributed by atoms with van der Waals surface area (Å²) in [5.41, 5.74) is -0.0954. The summed E-state index contributed by atoms with van der Waals surface area (Å²) >= 11 is 0. The molecule has 1 aromatic heterocycles. The van der Waals surface area contributed by atoms with E-state index < -0.39 is 17.2 Å². The van der Waals surface area contributed by atoms with Gasteiger partial charge in [-0.15, -0.1) is 0 Å². The van der Waals surface area contributed by atoms with Crippen molar-refractivity contribution in [3.63, 3.8) is 0 Å². The predicted octanol–water partition coefficient (Wildman–Crippen LogP) is 2.15. The molecule has 0 amide bonds. The van der Waals surface area contributed by atoms with Crippen LogP contribution in [0.25, 0.3) is 10.9 Å². The van der Waals surface area contributed by atoms with Gasteiger partial charge in [0.2, 0.25) is 5.43 Å². The van der Waals surface area contributed by atoms with Gasteiger partial charge in [0.15, 0.2) is 0 Å². The maximum absolute atomic E-state index is 14.8. The van der Waals surface area contributed by atoms with E-state index in [-0.39, 0.29) is 16.5 Å². The molecule has 0 spiro atoms. The fourth-order valence-corrected chi connectivity index (χ4v) is 4.01. The van der Waals surface area contributed by atoms with Gasteiger partial charge >= 0.3 is 5.97 Å². The lowest BCUT2D eigenvalue weighted by Gasteiger charge is -2.42. The summed E-state index contributed by atoms with van der Waals surface area (Å²) in [4.78, 5) is 26.1. The van der Waals surface area contributed by atoms with E-state index in [1.165, 1.54) is 12.3 Å². The Hall–Kier alpha value is -2.41. The van der Waals surface area contributed by atoms with E-state index in [1.807, 2.05) is 9.47 Å². The number of rotatable bonds is 3. The summed E-state index contributed by atoms with van der Waals surface area (Å²) in [7, 11) is 0. The molecule has 1 aliphatic carbocycles. The fourth-order valence-electron chi connectivity index (χ4n) is 4.01. The minimum absolute atomic E-state index is 0.134. The van der Waals surface area contributed by atoms with Crippen LogP contribution >= 0.6 is 0 Å². The number of nitrogens with zero attached hydrogens (tertiary/aromatic N) is 2. The van der Waals surface area contributed by atoms with Crippen LogP contribution in [0.1, 0.15) is 36.5 Å². The second-order valence-electron chi connectivity index (χ2n) is 7.46. The number of fused-ring (bicyclic) bond motifs is 1. The molecule has 1 aliphatic heterocycles. The zero-order valence-corrected chi connectivity index (χ0v) is 14.7. The van der Waals surface area contributed by atoms with Gasteiger partial charge in [-0.05, 0) is 38.3 Å². The first-order valence-corrected chi connectivity index (χ1v) is 8.99.